The van der Waals surface area contributed by atoms with Crippen LogP contribution in [0, 0.1) is 0 Å². The van der Waals surface area contributed by atoms with Crippen molar-refractivity contribution in [2.75, 3.05) is 11.9 Å². The molecule has 1 rings (SSSR count). The Kier molecular flexibility index (Phi) is 5.56. The summed E-state index contributed by atoms with van der Waals surface area (Å²) in [6.07, 6.45) is 6.94. The predicted octanol–water partition coefficient (Wildman–Crippen LogP) is 1.36. The minimum Gasteiger partial charge on any atom is -0.330 e. The molecule has 1 amide bonds. The van der Waals surface area contributed by atoms with Crippen molar-refractivity contribution >= 4 is 11.6 Å². The molecule has 0 aliphatic heterocycles. The van der Waals surface area contributed by atoms with Crippen molar-refractivity contribution in [2.24, 2.45) is 5.73 Å². The Morgan fingerprint density at radius 3 is 2.94 bits per heavy atom. The molecule has 0 saturated carbocycles. The van der Waals surface area contributed by atoms with Gasteiger partial charge in [-0.25, -0.2) is 0 Å². The van der Waals surface area contributed by atoms with E-state index in [4.69, 9.17) is 5.73 Å². The van der Waals surface area contributed by atoms with Gasteiger partial charge in [0.1, 0.15) is 0 Å². The van der Waals surface area contributed by atoms with Crippen molar-refractivity contribution in [1.29, 1.82) is 0 Å². The molecule has 0 saturated heterocycles. The van der Waals surface area contributed by atoms with Gasteiger partial charge in [-0.1, -0.05) is 6.42 Å². The van der Waals surface area contributed by atoms with Crippen LogP contribution in [0.25, 0.3) is 0 Å². The molecular formula is C11H20N4O. The van der Waals surface area contributed by atoms with Gasteiger partial charge in [0.25, 0.3) is 0 Å². The number of hydrogen-bond acceptors (Lipinski definition) is 3. The first-order chi connectivity index (χ1) is 7.76. The average Bonchev–Trinajstić information content (AvgIpc) is 2.72. The highest BCUT2D eigenvalue weighted by molar-refractivity contribution is 5.90. The number of hydrogen-bond donors (Lipinski definition) is 2. The van der Waals surface area contributed by atoms with E-state index in [9.17, 15) is 4.79 Å². The molecule has 0 aliphatic carbocycles. The van der Waals surface area contributed by atoms with Gasteiger partial charge < -0.3 is 11.1 Å². The van der Waals surface area contributed by atoms with Gasteiger partial charge in [0.15, 0.2) is 0 Å². The highest BCUT2D eigenvalue weighted by Gasteiger charge is 2.03. The van der Waals surface area contributed by atoms with E-state index in [0.717, 1.165) is 31.5 Å². The van der Waals surface area contributed by atoms with Crippen LogP contribution in [0.4, 0.5) is 5.69 Å². The van der Waals surface area contributed by atoms with Crippen molar-refractivity contribution in [3.05, 3.63) is 12.4 Å². The number of nitrogens with one attached hydrogen (secondary N) is 1. The van der Waals surface area contributed by atoms with Crippen molar-refractivity contribution in [3.8, 4) is 0 Å². The first-order valence-corrected chi connectivity index (χ1v) is 5.78. The number of unbranched alkanes of at least 4 members (excludes halogenated alkanes) is 2. The van der Waals surface area contributed by atoms with E-state index in [1.165, 1.54) is 0 Å². The van der Waals surface area contributed by atoms with Crippen LogP contribution in [-0.2, 0) is 11.3 Å². The molecule has 1 aromatic rings. The lowest BCUT2D eigenvalue weighted by Crippen LogP contribution is -2.10. The molecule has 1 aromatic heterocycles. The first-order valence-electron chi connectivity index (χ1n) is 5.78. The average molecular weight is 224 g/mol. The molecule has 1 heterocycles. The molecule has 0 radical (unpaired) electrons. The van der Waals surface area contributed by atoms with Crippen molar-refractivity contribution in [1.82, 2.24) is 9.78 Å². The van der Waals surface area contributed by atoms with Crippen LogP contribution in [-0.4, -0.2) is 22.2 Å². The highest BCUT2D eigenvalue weighted by Crippen LogP contribution is 2.07. The third-order valence-corrected chi connectivity index (χ3v) is 2.35. The van der Waals surface area contributed by atoms with E-state index in [1.807, 2.05) is 13.1 Å². The maximum atomic E-state index is 11.5. The lowest BCUT2D eigenvalue weighted by Gasteiger charge is -2.01. The van der Waals surface area contributed by atoms with E-state index < -0.39 is 0 Å². The zero-order valence-corrected chi connectivity index (χ0v) is 9.78. The maximum absolute atomic E-state index is 11.5. The number of carbonyl (C=O) groups excluding carboxylic acids is 1. The Hall–Kier alpha value is -1.36. The highest BCUT2D eigenvalue weighted by atomic mass is 16.1. The molecule has 0 aliphatic rings. The van der Waals surface area contributed by atoms with E-state index >= 15 is 0 Å². The van der Waals surface area contributed by atoms with Gasteiger partial charge in [0, 0.05) is 19.2 Å². The SMILES string of the molecule is CCn1cc(NC(=O)CCCCCN)cn1. The molecule has 3 N–H and O–H groups in total. The van der Waals surface area contributed by atoms with Crippen LogP contribution in [0.5, 0.6) is 0 Å². The molecule has 0 aromatic carbocycles. The van der Waals surface area contributed by atoms with Crippen molar-refractivity contribution in [3.63, 3.8) is 0 Å². The standard InChI is InChI=1S/C11H20N4O/c1-2-15-9-10(8-13-15)14-11(16)6-4-3-5-7-12/h8-9H,2-7,12H2,1H3,(H,14,16). The lowest BCUT2D eigenvalue weighted by atomic mass is 10.2. The van der Waals surface area contributed by atoms with Crippen LogP contribution in [0.1, 0.15) is 32.6 Å². The number of nitrogens with two attached hydrogens (primary N) is 1. The monoisotopic (exact) mass is 224 g/mol. The van der Waals surface area contributed by atoms with Crippen LogP contribution in [0.2, 0.25) is 0 Å². The fourth-order valence-electron chi connectivity index (χ4n) is 1.43. The quantitative estimate of drug-likeness (QED) is 0.687. The molecule has 5 heteroatoms. The van der Waals surface area contributed by atoms with Crippen LogP contribution >= 0.6 is 0 Å². The van der Waals surface area contributed by atoms with Gasteiger partial charge in [-0.2, -0.15) is 5.10 Å². The molecule has 0 atom stereocenters. The molecule has 5 nitrogen and oxygen atoms in total. The van der Waals surface area contributed by atoms with Gasteiger partial charge >= 0.3 is 0 Å². The topological polar surface area (TPSA) is 72.9 Å². The van der Waals surface area contributed by atoms with Gasteiger partial charge in [0.2, 0.25) is 5.91 Å². The summed E-state index contributed by atoms with van der Waals surface area (Å²) in [7, 11) is 0. The zero-order chi connectivity index (χ0) is 11.8. The van der Waals surface area contributed by atoms with Crippen molar-refractivity contribution in [2.45, 2.75) is 39.2 Å². The second-order valence-electron chi connectivity index (χ2n) is 3.73. The summed E-state index contributed by atoms with van der Waals surface area (Å²) >= 11 is 0. The maximum Gasteiger partial charge on any atom is 0.224 e. The van der Waals surface area contributed by atoms with Crippen molar-refractivity contribution < 1.29 is 4.79 Å². The fraction of sp³-hybridized carbons (Fsp3) is 0.636. The normalized spacial score (nSPS) is 10.4. The number of carbonyl (C=O) groups is 1. The molecule has 0 spiro atoms. The van der Waals surface area contributed by atoms with E-state index in [0.29, 0.717) is 13.0 Å². The Labute approximate surface area is 96.0 Å². The fourth-order valence-corrected chi connectivity index (χ4v) is 1.43. The molecule has 16 heavy (non-hydrogen) atoms. The Morgan fingerprint density at radius 2 is 2.31 bits per heavy atom. The van der Waals surface area contributed by atoms with E-state index in [-0.39, 0.29) is 5.91 Å². The third-order valence-electron chi connectivity index (χ3n) is 2.35. The summed E-state index contributed by atoms with van der Waals surface area (Å²) in [5.41, 5.74) is 6.14. The van der Waals surface area contributed by atoms with Gasteiger partial charge in [-0.15, -0.1) is 0 Å². The molecule has 0 bridgehead atoms. The predicted molar refractivity (Wildman–Crippen MR) is 64.1 cm³/mol. The number of amides is 1. The summed E-state index contributed by atoms with van der Waals surface area (Å²) < 4.78 is 1.78. The molecule has 0 fully saturated rings. The Balaban J connectivity index is 2.23. The summed E-state index contributed by atoms with van der Waals surface area (Å²) in [6.45, 7) is 3.52. The van der Waals surface area contributed by atoms with Crippen LogP contribution in [0.15, 0.2) is 12.4 Å². The smallest absolute Gasteiger partial charge is 0.224 e. The second-order valence-corrected chi connectivity index (χ2v) is 3.73. The molecule has 90 valence electrons. The number of anilines is 1. The number of aromatic nitrogens is 2. The van der Waals surface area contributed by atoms with Crippen LogP contribution < -0.4 is 11.1 Å². The minimum atomic E-state index is 0.0488. The first kappa shape index (κ1) is 12.7. The largest absolute Gasteiger partial charge is 0.330 e. The second kappa shape index (κ2) is 7.00. The summed E-state index contributed by atoms with van der Waals surface area (Å²) in [4.78, 5) is 11.5. The van der Waals surface area contributed by atoms with E-state index in [1.54, 1.807) is 10.9 Å². The molecule has 0 unspecified atom stereocenters. The number of aryl methyl sites for hydroxylation is 1. The number of nitrogens with zero attached hydrogens (tertiary/aromatic N) is 2. The van der Waals surface area contributed by atoms with E-state index in [2.05, 4.69) is 10.4 Å². The van der Waals surface area contributed by atoms with Gasteiger partial charge in [-0.05, 0) is 26.3 Å². The summed E-state index contributed by atoms with van der Waals surface area (Å²) in [5, 5.41) is 6.90. The van der Waals surface area contributed by atoms with Crippen LogP contribution in [0.3, 0.4) is 0 Å². The van der Waals surface area contributed by atoms with Gasteiger partial charge in [-0.3, -0.25) is 9.48 Å². The summed E-state index contributed by atoms with van der Waals surface area (Å²) in [5.74, 6) is 0.0488. The Morgan fingerprint density at radius 1 is 1.50 bits per heavy atom. The van der Waals surface area contributed by atoms with Gasteiger partial charge in [0.05, 0.1) is 11.9 Å². The number of rotatable bonds is 7. The lowest BCUT2D eigenvalue weighted by molar-refractivity contribution is -0.116. The Bertz CT molecular complexity index is 322. The summed E-state index contributed by atoms with van der Waals surface area (Å²) in [6, 6.07) is 0. The third kappa shape index (κ3) is 4.44. The zero-order valence-electron chi connectivity index (χ0n) is 9.78. The minimum absolute atomic E-state index is 0.0488. The molecular weight excluding hydrogens is 204 g/mol.